The summed E-state index contributed by atoms with van der Waals surface area (Å²) in [6.07, 6.45) is 3.49. The van der Waals surface area contributed by atoms with Crippen molar-refractivity contribution in [2.45, 2.75) is 25.7 Å². The van der Waals surface area contributed by atoms with Crippen LogP contribution in [-0.2, 0) is 20.9 Å². The zero-order valence-corrected chi connectivity index (χ0v) is 20.7. The number of carbonyl (C=O) groups excluding carboxylic acids is 2. The molecule has 0 aromatic carbocycles. The van der Waals surface area contributed by atoms with Gasteiger partial charge in [-0.15, -0.1) is 0 Å². The quantitative estimate of drug-likeness (QED) is 0.497. The van der Waals surface area contributed by atoms with Crippen molar-refractivity contribution in [1.82, 2.24) is 24.7 Å². The number of rotatable bonds is 10. The van der Waals surface area contributed by atoms with E-state index in [0.717, 1.165) is 5.56 Å². The lowest BCUT2D eigenvalue weighted by Crippen LogP contribution is -2.60. The first-order valence-electron chi connectivity index (χ1n) is 10.5. The van der Waals surface area contributed by atoms with Gasteiger partial charge in [-0.2, -0.15) is 0 Å². The summed E-state index contributed by atoms with van der Waals surface area (Å²) >= 11 is 7.14. The van der Waals surface area contributed by atoms with Crippen molar-refractivity contribution in [2.24, 2.45) is 0 Å². The zero-order chi connectivity index (χ0) is 24.0. The molecule has 2 aromatic rings. The van der Waals surface area contributed by atoms with Gasteiger partial charge in [-0.05, 0) is 33.2 Å². The Kier molecular flexibility index (Phi) is 8.84. The standard InChI is InChI=1S/C21H29ClN6O4S/c1-14(26(2)3)25-21-23-9-15(10-24-21)11-27-7-8-28(16(12-31-4)20(27)30)18(29)13-32-19-6-5-17(22)33-19/h5-6,9-10,14,16H,7-8,11-13H2,1-4H3,(H,23,24,25). The molecule has 12 heteroatoms. The number of halogens is 1. The summed E-state index contributed by atoms with van der Waals surface area (Å²) in [5.41, 5.74) is 0.806. The van der Waals surface area contributed by atoms with Gasteiger partial charge in [-0.3, -0.25) is 14.5 Å². The molecule has 1 aliphatic rings. The molecule has 2 unspecified atom stereocenters. The van der Waals surface area contributed by atoms with E-state index in [1.165, 1.54) is 23.3 Å². The summed E-state index contributed by atoms with van der Waals surface area (Å²) in [5, 5.41) is 3.75. The van der Waals surface area contributed by atoms with Gasteiger partial charge in [-0.1, -0.05) is 22.9 Å². The van der Waals surface area contributed by atoms with Gasteiger partial charge in [0.25, 0.3) is 5.91 Å². The Balaban J connectivity index is 1.59. The Morgan fingerprint density at radius 3 is 2.67 bits per heavy atom. The van der Waals surface area contributed by atoms with Gasteiger partial charge in [0.1, 0.15) is 6.04 Å². The smallest absolute Gasteiger partial charge is 0.261 e. The molecule has 0 aliphatic carbocycles. The normalized spacial score (nSPS) is 17.4. The molecule has 10 nitrogen and oxygen atoms in total. The molecule has 1 N–H and O–H groups in total. The highest BCUT2D eigenvalue weighted by atomic mass is 35.5. The minimum Gasteiger partial charge on any atom is -0.474 e. The molecule has 3 rings (SSSR count). The number of hydrogen-bond donors (Lipinski definition) is 1. The number of piperazine rings is 1. The SMILES string of the molecule is COCC1C(=O)N(Cc2cnc(NC(C)N(C)C)nc2)CCN1C(=O)COc1ccc(Cl)s1. The molecule has 0 radical (unpaired) electrons. The van der Waals surface area contributed by atoms with E-state index in [9.17, 15) is 9.59 Å². The average Bonchev–Trinajstić information content (AvgIpc) is 3.21. The van der Waals surface area contributed by atoms with Crippen molar-refractivity contribution in [1.29, 1.82) is 0 Å². The highest BCUT2D eigenvalue weighted by Crippen LogP contribution is 2.28. The van der Waals surface area contributed by atoms with E-state index in [1.807, 2.05) is 25.9 Å². The van der Waals surface area contributed by atoms with Crippen molar-refractivity contribution in [3.8, 4) is 5.06 Å². The van der Waals surface area contributed by atoms with Crippen LogP contribution in [0.2, 0.25) is 4.34 Å². The summed E-state index contributed by atoms with van der Waals surface area (Å²) in [7, 11) is 5.43. The Hall–Kier alpha value is -2.47. The Morgan fingerprint density at radius 1 is 1.33 bits per heavy atom. The number of nitrogens with zero attached hydrogens (tertiary/aromatic N) is 5. The second-order valence-corrected chi connectivity index (χ2v) is 9.54. The van der Waals surface area contributed by atoms with Crippen molar-refractivity contribution < 1.29 is 19.1 Å². The fraction of sp³-hybridized carbons (Fsp3) is 0.524. The predicted octanol–water partition coefficient (Wildman–Crippen LogP) is 1.78. The van der Waals surface area contributed by atoms with Crippen LogP contribution in [0.1, 0.15) is 12.5 Å². The molecule has 180 valence electrons. The minimum absolute atomic E-state index is 0.0821. The van der Waals surface area contributed by atoms with E-state index in [0.29, 0.717) is 35.0 Å². The van der Waals surface area contributed by atoms with E-state index in [-0.39, 0.29) is 31.2 Å². The van der Waals surface area contributed by atoms with Crippen LogP contribution in [0.3, 0.4) is 0 Å². The summed E-state index contributed by atoms with van der Waals surface area (Å²) in [6.45, 7) is 3.08. The Bertz CT molecular complexity index is 941. The Labute approximate surface area is 202 Å². The maximum absolute atomic E-state index is 13.1. The molecule has 0 saturated carbocycles. The molecule has 2 atom stereocenters. The van der Waals surface area contributed by atoms with Gasteiger partial charge in [-0.25, -0.2) is 9.97 Å². The highest BCUT2D eigenvalue weighted by molar-refractivity contribution is 7.17. The molecule has 2 aromatic heterocycles. The topological polar surface area (TPSA) is 100 Å². The molecule has 1 saturated heterocycles. The third-order valence-electron chi connectivity index (χ3n) is 5.31. The number of anilines is 1. The van der Waals surface area contributed by atoms with Crippen LogP contribution in [-0.4, -0.2) is 96.2 Å². The number of thiophene rings is 1. The first kappa shape index (κ1) is 25.2. The lowest BCUT2D eigenvalue weighted by atomic mass is 10.1. The molecule has 3 heterocycles. The zero-order valence-electron chi connectivity index (χ0n) is 19.2. The van der Waals surface area contributed by atoms with E-state index in [4.69, 9.17) is 21.1 Å². The van der Waals surface area contributed by atoms with Crippen molar-refractivity contribution in [3.63, 3.8) is 0 Å². The monoisotopic (exact) mass is 496 g/mol. The van der Waals surface area contributed by atoms with Crippen molar-refractivity contribution in [2.75, 3.05) is 52.8 Å². The van der Waals surface area contributed by atoms with Gasteiger partial charge in [0.15, 0.2) is 11.7 Å². The largest absolute Gasteiger partial charge is 0.474 e. The van der Waals surface area contributed by atoms with E-state index >= 15 is 0 Å². The molecule has 33 heavy (non-hydrogen) atoms. The predicted molar refractivity (Wildman–Crippen MR) is 126 cm³/mol. The number of hydrogen-bond acceptors (Lipinski definition) is 9. The fourth-order valence-corrected chi connectivity index (χ4v) is 4.12. The molecular weight excluding hydrogens is 468 g/mol. The summed E-state index contributed by atoms with van der Waals surface area (Å²) in [5.74, 6) is 0.0633. The molecule has 0 bridgehead atoms. The van der Waals surface area contributed by atoms with Crippen LogP contribution in [0.4, 0.5) is 5.95 Å². The van der Waals surface area contributed by atoms with E-state index in [1.54, 1.807) is 29.4 Å². The lowest BCUT2D eigenvalue weighted by Gasteiger charge is -2.40. The number of nitrogens with one attached hydrogen (secondary N) is 1. The third kappa shape index (κ3) is 6.76. The number of amides is 2. The molecule has 0 spiro atoms. The van der Waals surface area contributed by atoms with Gasteiger partial charge in [0.05, 0.1) is 17.1 Å². The second-order valence-electron chi connectivity index (χ2n) is 7.86. The number of aromatic nitrogens is 2. The first-order chi connectivity index (χ1) is 15.8. The maximum atomic E-state index is 13.1. The van der Waals surface area contributed by atoms with E-state index < -0.39 is 6.04 Å². The lowest BCUT2D eigenvalue weighted by molar-refractivity contribution is -0.155. The molecule has 1 aliphatic heterocycles. The molecular formula is C21H29ClN6O4S. The van der Waals surface area contributed by atoms with Crippen LogP contribution in [0, 0.1) is 0 Å². The number of carbonyl (C=O) groups is 2. The van der Waals surface area contributed by atoms with Gasteiger partial charge >= 0.3 is 0 Å². The van der Waals surface area contributed by atoms with E-state index in [2.05, 4.69) is 15.3 Å². The minimum atomic E-state index is -0.713. The summed E-state index contributed by atoms with van der Waals surface area (Å²) in [4.78, 5) is 39.8. The highest BCUT2D eigenvalue weighted by Gasteiger charge is 2.37. The van der Waals surface area contributed by atoms with Gasteiger partial charge in [0, 0.05) is 44.7 Å². The number of ether oxygens (including phenoxy) is 2. The van der Waals surface area contributed by atoms with Crippen molar-refractivity contribution in [3.05, 3.63) is 34.4 Å². The fourth-order valence-electron chi connectivity index (χ4n) is 3.25. The van der Waals surface area contributed by atoms with Crippen LogP contribution < -0.4 is 10.1 Å². The average molecular weight is 497 g/mol. The van der Waals surface area contributed by atoms with Crippen LogP contribution in [0.15, 0.2) is 24.5 Å². The van der Waals surface area contributed by atoms with Crippen LogP contribution in [0.5, 0.6) is 5.06 Å². The Morgan fingerprint density at radius 2 is 2.06 bits per heavy atom. The third-order valence-corrected chi connectivity index (χ3v) is 6.45. The summed E-state index contributed by atoms with van der Waals surface area (Å²) < 4.78 is 11.3. The van der Waals surface area contributed by atoms with Gasteiger partial charge in [0.2, 0.25) is 11.9 Å². The van der Waals surface area contributed by atoms with Crippen LogP contribution >= 0.6 is 22.9 Å². The molecule has 1 fully saturated rings. The maximum Gasteiger partial charge on any atom is 0.261 e. The van der Waals surface area contributed by atoms with Gasteiger partial charge < -0.3 is 24.6 Å². The van der Waals surface area contributed by atoms with Crippen molar-refractivity contribution >= 4 is 40.7 Å². The van der Waals surface area contributed by atoms with Crippen LogP contribution in [0.25, 0.3) is 0 Å². The number of methoxy groups -OCH3 is 1. The second kappa shape index (κ2) is 11.6. The summed E-state index contributed by atoms with van der Waals surface area (Å²) in [6, 6.07) is 2.70. The first-order valence-corrected chi connectivity index (χ1v) is 11.7. The molecule has 2 amide bonds.